The van der Waals surface area contributed by atoms with Crippen LogP contribution in [0.25, 0.3) is 16.6 Å². The highest BCUT2D eigenvalue weighted by atomic mass is 32.1. The molecule has 15 heteroatoms. The number of piperazine rings is 1. The molecule has 34 heavy (non-hydrogen) atoms. The zero-order chi connectivity index (χ0) is 24.7. The van der Waals surface area contributed by atoms with Crippen LogP contribution in [0.1, 0.15) is 0 Å². The number of amides is 1. The first-order chi connectivity index (χ1) is 16.1. The lowest BCUT2D eigenvalue weighted by Gasteiger charge is -2.31. The van der Waals surface area contributed by atoms with Crippen LogP contribution in [0, 0.1) is 0 Å². The van der Waals surface area contributed by atoms with Crippen LogP contribution in [0.5, 0.6) is 0 Å². The van der Waals surface area contributed by atoms with Crippen molar-refractivity contribution in [2.75, 3.05) is 45.1 Å². The Balaban J connectivity index is 0.000000406. The van der Waals surface area contributed by atoms with Gasteiger partial charge in [-0.1, -0.05) is 0 Å². The summed E-state index contributed by atoms with van der Waals surface area (Å²) in [7, 11) is 2.09. The predicted octanol–water partition coefficient (Wildman–Crippen LogP) is 1.60. The van der Waals surface area contributed by atoms with Crippen molar-refractivity contribution >= 4 is 29.0 Å². The first-order valence-electron chi connectivity index (χ1n) is 9.91. The van der Waals surface area contributed by atoms with Crippen LogP contribution in [-0.2, 0) is 9.59 Å². The topological polar surface area (TPSA) is 129 Å². The van der Waals surface area contributed by atoms with E-state index in [0.29, 0.717) is 29.0 Å². The number of hydrogen-bond donors (Lipinski definition) is 2. The smallest absolute Gasteiger partial charge is 0.475 e. The maximum Gasteiger partial charge on any atom is 0.490 e. The van der Waals surface area contributed by atoms with E-state index in [1.807, 2.05) is 11.4 Å². The fourth-order valence-electron chi connectivity index (χ4n) is 2.84. The van der Waals surface area contributed by atoms with Gasteiger partial charge in [-0.25, -0.2) is 24.4 Å². The van der Waals surface area contributed by atoms with Crippen LogP contribution >= 0.6 is 11.3 Å². The molecule has 0 spiro atoms. The van der Waals surface area contributed by atoms with Crippen molar-refractivity contribution in [3.05, 3.63) is 36.1 Å². The van der Waals surface area contributed by atoms with Gasteiger partial charge >= 0.3 is 12.1 Å². The highest BCUT2D eigenvalue weighted by molar-refractivity contribution is 7.13. The van der Waals surface area contributed by atoms with Gasteiger partial charge in [0.2, 0.25) is 5.91 Å². The minimum atomic E-state index is -5.08. The Kier molecular flexibility index (Phi) is 8.25. The first kappa shape index (κ1) is 25.2. The Hall–Kier alpha value is -3.43. The summed E-state index contributed by atoms with van der Waals surface area (Å²) in [6, 6.07) is 3.53. The number of carboxylic acids is 1. The quantitative estimate of drug-likeness (QED) is 0.539. The third-order valence-electron chi connectivity index (χ3n) is 4.55. The molecule has 1 saturated heterocycles. The SMILES string of the molecule is CN1CCN(CC(=O)Nc2cc(-n3cccn3)nc(-c3nccs3)n2)CC1.O=C(O)C(F)(F)F. The minimum Gasteiger partial charge on any atom is -0.475 e. The number of carboxylic acid groups (broad SMARTS) is 1. The Morgan fingerprint density at radius 1 is 1.18 bits per heavy atom. The van der Waals surface area contributed by atoms with E-state index < -0.39 is 12.1 Å². The number of carbonyl (C=O) groups excluding carboxylic acids is 1. The van der Waals surface area contributed by atoms with E-state index in [9.17, 15) is 18.0 Å². The molecule has 4 heterocycles. The van der Waals surface area contributed by atoms with E-state index in [2.05, 4.69) is 42.2 Å². The lowest BCUT2D eigenvalue weighted by molar-refractivity contribution is -0.192. The maximum atomic E-state index is 12.5. The third-order valence-corrected chi connectivity index (χ3v) is 5.32. The highest BCUT2D eigenvalue weighted by Crippen LogP contribution is 2.21. The van der Waals surface area contributed by atoms with Crippen LogP contribution < -0.4 is 5.32 Å². The lowest BCUT2D eigenvalue weighted by Crippen LogP contribution is -2.47. The second-order valence-electron chi connectivity index (χ2n) is 7.15. The molecule has 0 aliphatic carbocycles. The van der Waals surface area contributed by atoms with Gasteiger partial charge in [0.05, 0.1) is 6.54 Å². The summed E-state index contributed by atoms with van der Waals surface area (Å²) in [4.78, 5) is 39.1. The standard InChI is InChI=1S/C17H20N8OS.C2HF3O2/c1-23-6-8-24(9-7-23)12-15(26)20-13-11-14(25-5-2-3-19-25)22-16(21-13)17-18-4-10-27-17;3-2(4,5)1(6)7/h2-5,10-11H,6-9,12H2,1H3,(H,20,21,22,26);(H,6,7). The number of rotatable bonds is 5. The summed E-state index contributed by atoms with van der Waals surface area (Å²) < 4.78 is 33.4. The number of halogens is 3. The number of thiazole rings is 1. The van der Waals surface area contributed by atoms with Crippen LogP contribution in [0.4, 0.5) is 19.0 Å². The number of nitrogens with zero attached hydrogens (tertiary/aromatic N) is 7. The lowest BCUT2D eigenvalue weighted by atomic mass is 10.3. The average Bonchev–Trinajstić information content (AvgIpc) is 3.49. The molecule has 0 radical (unpaired) electrons. The summed E-state index contributed by atoms with van der Waals surface area (Å²) in [5, 5.41) is 16.8. The molecule has 1 amide bonds. The van der Waals surface area contributed by atoms with Crippen LogP contribution in [-0.4, -0.2) is 97.5 Å². The Labute approximate surface area is 195 Å². The monoisotopic (exact) mass is 498 g/mol. The van der Waals surface area contributed by atoms with Gasteiger partial charge in [0.1, 0.15) is 5.82 Å². The van der Waals surface area contributed by atoms with Crippen molar-refractivity contribution in [2.24, 2.45) is 0 Å². The molecular weight excluding hydrogens is 477 g/mol. The number of aromatic nitrogens is 5. The summed E-state index contributed by atoms with van der Waals surface area (Å²) in [6.07, 6.45) is 0.0934. The normalized spacial score (nSPS) is 14.8. The number of aliphatic carboxylic acids is 1. The number of hydrogen-bond acceptors (Lipinski definition) is 9. The predicted molar refractivity (Wildman–Crippen MR) is 117 cm³/mol. The van der Waals surface area contributed by atoms with Crippen LogP contribution in [0.3, 0.4) is 0 Å². The van der Waals surface area contributed by atoms with E-state index in [0.717, 1.165) is 26.2 Å². The summed E-state index contributed by atoms with van der Waals surface area (Å²) in [5.41, 5.74) is 0. The van der Waals surface area contributed by atoms with Gasteiger partial charge in [-0.3, -0.25) is 9.69 Å². The molecule has 0 saturated carbocycles. The Bertz CT molecular complexity index is 1030. The van der Waals surface area contributed by atoms with Gasteiger partial charge < -0.3 is 15.3 Å². The molecule has 11 nitrogen and oxygen atoms in total. The van der Waals surface area contributed by atoms with E-state index in [-0.39, 0.29) is 5.91 Å². The molecule has 4 rings (SSSR count). The molecule has 0 unspecified atom stereocenters. The highest BCUT2D eigenvalue weighted by Gasteiger charge is 2.38. The molecule has 1 aliphatic rings. The van der Waals surface area contributed by atoms with Crippen molar-refractivity contribution in [3.63, 3.8) is 0 Å². The molecule has 182 valence electrons. The van der Waals surface area contributed by atoms with Gasteiger partial charge in [-0.2, -0.15) is 18.3 Å². The molecular formula is C19H21F3N8O3S. The molecule has 3 aromatic heterocycles. The second-order valence-corrected chi connectivity index (χ2v) is 8.05. The molecule has 0 aromatic carbocycles. The zero-order valence-corrected chi connectivity index (χ0v) is 18.8. The fraction of sp³-hybridized carbons (Fsp3) is 0.368. The van der Waals surface area contributed by atoms with Gasteiger partial charge in [0, 0.05) is 56.2 Å². The molecule has 0 bridgehead atoms. The number of likely N-dealkylation sites (N-methyl/N-ethyl adjacent to an activating group) is 1. The molecule has 2 N–H and O–H groups in total. The number of carbonyl (C=O) groups is 2. The largest absolute Gasteiger partial charge is 0.490 e. The summed E-state index contributed by atoms with van der Waals surface area (Å²) in [6.45, 7) is 4.06. The van der Waals surface area contributed by atoms with E-state index in [1.54, 1.807) is 29.3 Å². The number of alkyl halides is 3. The van der Waals surface area contributed by atoms with Gasteiger partial charge in [-0.15, -0.1) is 11.3 Å². The van der Waals surface area contributed by atoms with E-state index in [1.165, 1.54) is 11.3 Å². The molecule has 3 aromatic rings. The number of nitrogens with one attached hydrogen (secondary N) is 1. The number of anilines is 1. The maximum absolute atomic E-state index is 12.5. The Morgan fingerprint density at radius 2 is 1.88 bits per heavy atom. The molecule has 0 atom stereocenters. The molecule has 1 fully saturated rings. The second kappa shape index (κ2) is 11.1. The van der Waals surface area contributed by atoms with E-state index >= 15 is 0 Å². The summed E-state index contributed by atoms with van der Waals surface area (Å²) in [5.74, 6) is -1.36. The van der Waals surface area contributed by atoms with Crippen LogP contribution in [0.2, 0.25) is 0 Å². The molecule has 1 aliphatic heterocycles. The van der Waals surface area contributed by atoms with Gasteiger partial charge in [0.15, 0.2) is 16.6 Å². The Morgan fingerprint density at radius 3 is 2.44 bits per heavy atom. The van der Waals surface area contributed by atoms with Crippen molar-refractivity contribution in [1.29, 1.82) is 0 Å². The van der Waals surface area contributed by atoms with Gasteiger partial charge in [-0.05, 0) is 13.1 Å². The van der Waals surface area contributed by atoms with Gasteiger partial charge in [0.25, 0.3) is 0 Å². The first-order valence-corrected chi connectivity index (χ1v) is 10.8. The van der Waals surface area contributed by atoms with Crippen molar-refractivity contribution in [2.45, 2.75) is 6.18 Å². The fourth-order valence-corrected chi connectivity index (χ4v) is 3.41. The van der Waals surface area contributed by atoms with Crippen LogP contribution in [0.15, 0.2) is 36.1 Å². The van der Waals surface area contributed by atoms with Crippen molar-refractivity contribution in [3.8, 4) is 16.6 Å². The average molecular weight is 498 g/mol. The van der Waals surface area contributed by atoms with E-state index in [4.69, 9.17) is 9.90 Å². The van der Waals surface area contributed by atoms with Crippen molar-refractivity contribution < 1.29 is 27.9 Å². The minimum absolute atomic E-state index is 0.0882. The summed E-state index contributed by atoms with van der Waals surface area (Å²) >= 11 is 1.45. The van der Waals surface area contributed by atoms with Crippen molar-refractivity contribution in [1.82, 2.24) is 34.5 Å². The zero-order valence-electron chi connectivity index (χ0n) is 17.9. The third kappa shape index (κ3) is 7.29.